The van der Waals surface area contributed by atoms with Crippen LogP contribution in [0, 0.1) is 0 Å². The van der Waals surface area contributed by atoms with E-state index in [2.05, 4.69) is 20.5 Å². The third-order valence-corrected chi connectivity index (χ3v) is 4.55. The second-order valence-corrected chi connectivity index (χ2v) is 7.19. The molecule has 0 aliphatic heterocycles. The van der Waals surface area contributed by atoms with E-state index in [1.807, 2.05) is 26.8 Å². The molecule has 23 heavy (non-hydrogen) atoms. The summed E-state index contributed by atoms with van der Waals surface area (Å²) in [5.74, 6) is -0.371. The van der Waals surface area contributed by atoms with E-state index in [0.717, 1.165) is 5.01 Å². The molecule has 1 aromatic carbocycles. The predicted octanol–water partition coefficient (Wildman–Crippen LogP) is 2.93. The first-order chi connectivity index (χ1) is 10.8. The molecule has 2 heterocycles. The quantitative estimate of drug-likeness (QED) is 0.757. The van der Waals surface area contributed by atoms with Gasteiger partial charge in [0.15, 0.2) is 0 Å². The van der Waals surface area contributed by atoms with Gasteiger partial charge in [-0.15, -0.1) is 10.2 Å². The zero-order valence-corrected chi connectivity index (χ0v) is 13.8. The summed E-state index contributed by atoms with van der Waals surface area (Å²) in [5, 5.41) is 12.8. The Balaban J connectivity index is 1.95. The zero-order chi connectivity index (χ0) is 16.6. The summed E-state index contributed by atoms with van der Waals surface area (Å²) in [6, 6.07) is 8.47. The van der Waals surface area contributed by atoms with Gasteiger partial charge in [-0.3, -0.25) is 14.9 Å². The number of carbonyl (C=O) groups excluding carboxylic acids is 1. The standard InChI is InChI=1S/C16H16N4O2S/c1-16(2,3)14-19-20-15(23-14)18-13(22)10-8-12(21)17-11-7-5-4-6-9(10)11/h4-8H,1-3H3,(H,17,21)(H,18,20,22). The van der Waals surface area contributed by atoms with E-state index >= 15 is 0 Å². The average molecular weight is 328 g/mol. The number of hydrogen-bond donors (Lipinski definition) is 2. The fourth-order valence-electron chi connectivity index (χ4n) is 2.13. The fraction of sp³-hybridized carbons (Fsp3) is 0.250. The van der Waals surface area contributed by atoms with Gasteiger partial charge in [0, 0.05) is 22.4 Å². The maximum atomic E-state index is 12.5. The SMILES string of the molecule is CC(C)(C)c1nnc(NC(=O)c2cc(=O)[nH]c3ccccc23)s1. The lowest BCUT2D eigenvalue weighted by molar-refractivity contribution is 0.102. The second-order valence-electron chi connectivity index (χ2n) is 6.21. The van der Waals surface area contributed by atoms with Gasteiger partial charge in [0.05, 0.1) is 5.56 Å². The van der Waals surface area contributed by atoms with Crippen LogP contribution in [0.5, 0.6) is 0 Å². The van der Waals surface area contributed by atoms with Crippen molar-refractivity contribution in [3.8, 4) is 0 Å². The number of anilines is 1. The van der Waals surface area contributed by atoms with Gasteiger partial charge in [0.25, 0.3) is 5.91 Å². The smallest absolute Gasteiger partial charge is 0.258 e. The van der Waals surface area contributed by atoms with Gasteiger partial charge in [0.2, 0.25) is 10.7 Å². The van der Waals surface area contributed by atoms with Gasteiger partial charge in [0.1, 0.15) is 5.01 Å². The van der Waals surface area contributed by atoms with Crippen LogP contribution in [0.4, 0.5) is 5.13 Å². The number of hydrogen-bond acceptors (Lipinski definition) is 5. The Kier molecular flexibility index (Phi) is 3.73. The number of nitrogens with one attached hydrogen (secondary N) is 2. The van der Waals surface area contributed by atoms with Crippen molar-refractivity contribution in [1.29, 1.82) is 0 Å². The van der Waals surface area contributed by atoms with Crippen molar-refractivity contribution < 1.29 is 4.79 Å². The Morgan fingerprint density at radius 1 is 1.22 bits per heavy atom. The number of rotatable bonds is 2. The number of fused-ring (bicyclic) bond motifs is 1. The summed E-state index contributed by atoms with van der Waals surface area (Å²) >= 11 is 1.33. The number of nitrogens with zero attached hydrogens (tertiary/aromatic N) is 2. The molecule has 0 saturated heterocycles. The first-order valence-electron chi connectivity index (χ1n) is 7.12. The molecule has 2 aromatic heterocycles. The molecule has 3 aromatic rings. The van der Waals surface area contributed by atoms with Crippen LogP contribution in [0.15, 0.2) is 35.1 Å². The molecule has 3 rings (SSSR count). The molecule has 0 fully saturated rings. The molecule has 0 saturated carbocycles. The molecule has 0 spiro atoms. The summed E-state index contributed by atoms with van der Waals surface area (Å²) in [6.07, 6.45) is 0. The van der Waals surface area contributed by atoms with Crippen molar-refractivity contribution in [3.63, 3.8) is 0 Å². The molecule has 0 aliphatic carbocycles. The van der Waals surface area contributed by atoms with Crippen LogP contribution in [-0.4, -0.2) is 21.1 Å². The molecular formula is C16H16N4O2S. The molecule has 2 N–H and O–H groups in total. The van der Waals surface area contributed by atoms with E-state index in [0.29, 0.717) is 21.6 Å². The largest absolute Gasteiger partial charge is 0.322 e. The molecule has 0 bridgehead atoms. The predicted molar refractivity (Wildman–Crippen MR) is 91.1 cm³/mol. The highest BCUT2D eigenvalue weighted by molar-refractivity contribution is 7.15. The van der Waals surface area contributed by atoms with E-state index in [9.17, 15) is 9.59 Å². The van der Waals surface area contributed by atoms with E-state index in [4.69, 9.17) is 0 Å². The van der Waals surface area contributed by atoms with Crippen LogP contribution < -0.4 is 10.9 Å². The van der Waals surface area contributed by atoms with Crippen LogP contribution in [0.2, 0.25) is 0 Å². The highest BCUT2D eigenvalue weighted by Crippen LogP contribution is 2.28. The fourth-order valence-corrected chi connectivity index (χ4v) is 2.93. The molecule has 7 heteroatoms. The summed E-state index contributed by atoms with van der Waals surface area (Å²) < 4.78 is 0. The lowest BCUT2D eigenvalue weighted by Gasteiger charge is -2.12. The Morgan fingerprint density at radius 2 is 1.96 bits per heavy atom. The number of aromatic amines is 1. The van der Waals surface area contributed by atoms with Gasteiger partial charge in [-0.05, 0) is 6.07 Å². The molecule has 0 atom stereocenters. The maximum absolute atomic E-state index is 12.5. The Hall–Kier alpha value is -2.54. The highest BCUT2D eigenvalue weighted by atomic mass is 32.1. The molecule has 0 unspecified atom stereocenters. The molecule has 118 valence electrons. The highest BCUT2D eigenvalue weighted by Gasteiger charge is 2.20. The van der Waals surface area contributed by atoms with Gasteiger partial charge >= 0.3 is 0 Å². The number of benzene rings is 1. The molecular weight excluding hydrogens is 312 g/mol. The van der Waals surface area contributed by atoms with Gasteiger partial charge < -0.3 is 4.98 Å². The molecule has 6 nitrogen and oxygen atoms in total. The molecule has 0 radical (unpaired) electrons. The third kappa shape index (κ3) is 3.14. The van der Waals surface area contributed by atoms with Crippen LogP contribution in [0.1, 0.15) is 36.1 Å². The lowest BCUT2D eigenvalue weighted by Crippen LogP contribution is -2.16. The van der Waals surface area contributed by atoms with Gasteiger partial charge in [-0.25, -0.2) is 0 Å². The Bertz CT molecular complexity index is 937. The van der Waals surface area contributed by atoms with Crippen molar-refractivity contribution in [2.45, 2.75) is 26.2 Å². The van der Waals surface area contributed by atoms with Crippen molar-refractivity contribution in [3.05, 3.63) is 51.3 Å². The number of amides is 1. The van der Waals surface area contributed by atoms with Crippen molar-refractivity contribution >= 4 is 33.3 Å². The van der Waals surface area contributed by atoms with E-state index in [1.165, 1.54) is 17.4 Å². The van der Waals surface area contributed by atoms with Gasteiger partial charge in [-0.2, -0.15) is 0 Å². The van der Waals surface area contributed by atoms with Crippen molar-refractivity contribution in [2.24, 2.45) is 0 Å². The summed E-state index contributed by atoms with van der Waals surface area (Å²) in [5.41, 5.74) is 0.494. The first-order valence-corrected chi connectivity index (χ1v) is 7.93. The summed E-state index contributed by atoms with van der Waals surface area (Å²) in [7, 11) is 0. The van der Waals surface area contributed by atoms with Gasteiger partial charge in [-0.1, -0.05) is 50.3 Å². The number of para-hydroxylation sites is 1. The van der Waals surface area contributed by atoms with Crippen LogP contribution in [0.3, 0.4) is 0 Å². The number of pyridine rings is 1. The Labute approximate surface area is 136 Å². The van der Waals surface area contributed by atoms with Crippen LogP contribution in [-0.2, 0) is 5.41 Å². The summed E-state index contributed by atoms with van der Waals surface area (Å²) in [4.78, 5) is 27.0. The van der Waals surface area contributed by atoms with E-state index in [-0.39, 0.29) is 16.9 Å². The molecule has 0 aliphatic rings. The summed E-state index contributed by atoms with van der Waals surface area (Å²) in [6.45, 7) is 6.09. The minimum atomic E-state index is -0.371. The average Bonchev–Trinajstić information content (AvgIpc) is 2.95. The van der Waals surface area contributed by atoms with Crippen LogP contribution >= 0.6 is 11.3 Å². The van der Waals surface area contributed by atoms with Crippen molar-refractivity contribution in [1.82, 2.24) is 15.2 Å². The van der Waals surface area contributed by atoms with Crippen LogP contribution in [0.25, 0.3) is 10.9 Å². The monoisotopic (exact) mass is 328 g/mol. The lowest BCUT2D eigenvalue weighted by atomic mass is 9.98. The topological polar surface area (TPSA) is 87.7 Å². The number of aromatic nitrogens is 3. The maximum Gasteiger partial charge on any atom is 0.258 e. The van der Waals surface area contributed by atoms with E-state index < -0.39 is 0 Å². The second kappa shape index (κ2) is 5.58. The van der Waals surface area contributed by atoms with E-state index in [1.54, 1.807) is 18.2 Å². The number of H-pyrrole nitrogens is 1. The third-order valence-electron chi connectivity index (χ3n) is 3.28. The molecule has 1 amide bonds. The first kappa shape index (κ1) is 15.4. The minimum Gasteiger partial charge on any atom is -0.322 e. The number of carbonyl (C=O) groups is 1. The zero-order valence-electron chi connectivity index (χ0n) is 13.0. The normalized spacial score (nSPS) is 11.6. The van der Waals surface area contributed by atoms with Crippen molar-refractivity contribution in [2.75, 3.05) is 5.32 Å². The minimum absolute atomic E-state index is 0.128. The Morgan fingerprint density at radius 3 is 2.65 bits per heavy atom.